The van der Waals surface area contributed by atoms with Crippen LogP contribution < -0.4 is 5.73 Å². The van der Waals surface area contributed by atoms with Crippen molar-refractivity contribution in [3.05, 3.63) is 99.1 Å². The van der Waals surface area contributed by atoms with Gasteiger partial charge in [0.05, 0.1) is 21.9 Å². The van der Waals surface area contributed by atoms with Crippen molar-refractivity contribution in [2.24, 2.45) is 10.7 Å². The van der Waals surface area contributed by atoms with Crippen LogP contribution in [0.25, 0.3) is 10.9 Å². The van der Waals surface area contributed by atoms with Gasteiger partial charge in [0, 0.05) is 41.7 Å². The molecule has 35 heavy (non-hydrogen) atoms. The summed E-state index contributed by atoms with van der Waals surface area (Å²) >= 11 is 0. The summed E-state index contributed by atoms with van der Waals surface area (Å²) in [7, 11) is 0. The minimum absolute atomic E-state index is 0.0538. The van der Waals surface area contributed by atoms with Crippen LogP contribution in [-0.4, -0.2) is 38.7 Å². The second-order valence-electron chi connectivity index (χ2n) is 8.85. The fourth-order valence-electron chi connectivity index (χ4n) is 4.59. The molecule has 1 saturated heterocycles. The molecule has 0 unspecified atom stereocenters. The zero-order valence-electron chi connectivity index (χ0n) is 19.3. The fraction of sp³-hybridized carbons (Fsp3) is 0.222. The van der Waals surface area contributed by atoms with E-state index in [0.717, 1.165) is 36.4 Å². The van der Waals surface area contributed by atoms with E-state index in [1.807, 2.05) is 36.4 Å². The van der Waals surface area contributed by atoms with Crippen molar-refractivity contribution in [2.75, 3.05) is 13.1 Å². The molecule has 0 spiro atoms. The van der Waals surface area contributed by atoms with Crippen LogP contribution in [0.5, 0.6) is 5.88 Å². The number of nitrogens with two attached hydrogens (primary N) is 1. The highest BCUT2D eigenvalue weighted by atomic mass is 16.6. The summed E-state index contributed by atoms with van der Waals surface area (Å²) in [6.45, 7) is 3.60. The molecule has 0 aliphatic carbocycles. The maximum Gasteiger partial charge on any atom is 0.270 e. The molecular weight excluding hydrogens is 442 g/mol. The third-order valence-electron chi connectivity index (χ3n) is 6.46. The first-order valence-corrected chi connectivity index (χ1v) is 11.7. The molecule has 8 nitrogen and oxygen atoms in total. The zero-order chi connectivity index (χ0) is 24.4. The number of aromatic hydroxyl groups is 1. The lowest BCUT2D eigenvalue weighted by atomic mass is 9.99. The van der Waals surface area contributed by atoms with Crippen molar-refractivity contribution in [2.45, 2.75) is 25.9 Å². The molecule has 3 aromatic carbocycles. The van der Waals surface area contributed by atoms with E-state index in [4.69, 9.17) is 10.7 Å². The Morgan fingerprint density at radius 1 is 1.03 bits per heavy atom. The van der Waals surface area contributed by atoms with Crippen LogP contribution >= 0.6 is 0 Å². The number of H-pyrrole nitrogens is 1. The van der Waals surface area contributed by atoms with E-state index in [-0.39, 0.29) is 11.6 Å². The molecule has 0 amide bonds. The first-order valence-electron chi connectivity index (χ1n) is 11.7. The summed E-state index contributed by atoms with van der Waals surface area (Å²) in [4.78, 5) is 21.2. The Hall–Kier alpha value is -4.01. The number of nitro benzene ring substituents is 1. The molecule has 2 heterocycles. The third-order valence-corrected chi connectivity index (χ3v) is 6.46. The lowest BCUT2D eigenvalue weighted by molar-refractivity contribution is -0.384. The van der Waals surface area contributed by atoms with Crippen molar-refractivity contribution in [3.8, 4) is 5.88 Å². The van der Waals surface area contributed by atoms with Crippen LogP contribution in [0.3, 0.4) is 0 Å². The summed E-state index contributed by atoms with van der Waals surface area (Å²) in [5.74, 6) is -0.0900. The van der Waals surface area contributed by atoms with E-state index in [1.165, 1.54) is 30.5 Å². The van der Waals surface area contributed by atoms with Crippen LogP contribution in [0.1, 0.15) is 35.1 Å². The van der Waals surface area contributed by atoms with Gasteiger partial charge < -0.3 is 15.8 Å². The van der Waals surface area contributed by atoms with Crippen LogP contribution in [-0.2, 0) is 13.1 Å². The Bertz CT molecular complexity index is 1390. The number of rotatable bonds is 7. The number of aromatic amines is 1. The lowest BCUT2D eigenvalue weighted by Crippen LogP contribution is -2.18. The van der Waals surface area contributed by atoms with Crippen LogP contribution in [0.2, 0.25) is 0 Å². The van der Waals surface area contributed by atoms with Gasteiger partial charge in [0.2, 0.25) is 0 Å². The Labute approximate surface area is 202 Å². The normalized spacial score (nSPS) is 14.6. The second kappa shape index (κ2) is 9.69. The number of nitro groups is 1. The lowest BCUT2D eigenvalue weighted by Gasteiger charge is -2.14. The largest absolute Gasteiger partial charge is 0.494 e. The number of aromatic nitrogens is 1. The standard InChI is InChI=1S/C27H27N5O3/c28-16-18-3-7-20(8-4-18)26(25-23-15-22(32(34)35)11-12-24(23)30-27(25)33)29-21-9-5-19(6-10-21)17-31-13-1-2-14-31/h3-12,15,30,33H,1-2,13-14,16-17,28H2. The number of aliphatic imine (C=N–C) groups is 1. The van der Waals surface area contributed by atoms with E-state index < -0.39 is 4.92 Å². The minimum atomic E-state index is -0.445. The Balaban J connectivity index is 1.60. The third kappa shape index (κ3) is 4.80. The van der Waals surface area contributed by atoms with Crippen LogP contribution in [0.15, 0.2) is 71.7 Å². The Morgan fingerprint density at radius 3 is 2.37 bits per heavy atom. The van der Waals surface area contributed by atoms with Gasteiger partial charge in [-0.3, -0.25) is 15.0 Å². The van der Waals surface area contributed by atoms with Gasteiger partial charge in [-0.2, -0.15) is 0 Å². The second-order valence-corrected chi connectivity index (χ2v) is 8.85. The molecule has 0 bridgehead atoms. The summed E-state index contributed by atoms with van der Waals surface area (Å²) < 4.78 is 0. The van der Waals surface area contributed by atoms with Gasteiger partial charge >= 0.3 is 0 Å². The highest BCUT2D eigenvalue weighted by Crippen LogP contribution is 2.33. The molecule has 0 saturated carbocycles. The van der Waals surface area contributed by atoms with Gasteiger partial charge in [0.1, 0.15) is 0 Å². The molecule has 0 atom stereocenters. The quantitative estimate of drug-likeness (QED) is 0.200. The average molecular weight is 470 g/mol. The monoisotopic (exact) mass is 469 g/mol. The maximum atomic E-state index is 11.4. The van der Waals surface area contributed by atoms with Gasteiger partial charge in [0.15, 0.2) is 5.88 Å². The van der Waals surface area contributed by atoms with Crippen molar-refractivity contribution < 1.29 is 10.0 Å². The topological polar surface area (TPSA) is 121 Å². The van der Waals surface area contributed by atoms with Gasteiger partial charge in [0.25, 0.3) is 5.69 Å². The zero-order valence-corrected chi connectivity index (χ0v) is 19.3. The summed E-state index contributed by atoms with van der Waals surface area (Å²) in [5.41, 5.74) is 10.9. The van der Waals surface area contributed by atoms with Crippen molar-refractivity contribution in [1.29, 1.82) is 0 Å². The van der Waals surface area contributed by atoms with Gasteiger partial charge in [-0.05, 0) is 55.3 Å². The van der Waals surface area contributed by atoms with Crippen molar-refractivity contribution in [3.63, 3.8) is 0 Å². The Kier molecular flexibility index (Phi) is 6.31. The van der Waals surface area contributed by atoms with E-state index in [2.05, 4.69) is 22.0 Å². The number of fused-ring (bicyclic) bond motifs is 1. The molecular formula is C27H27N5O3. The molecule has 178 valence electrons. The number of nitrogens with one attached hydrogen (secondary N) is 1. The molecule has 0 radical (unpaired) electrons. The van der Waals surface area contributed by atoms with E-state index in [9.17, 15) is 15.2 Å². The number of benzene rings is 3. The number of nitrogens with zero attached hydrogens (tertiary/aromatic N) is 3. The average Bonchev–Trinajstić information content (AvgIpc) is 3.50. The van der Waals surface area contributed by atoms with Crippen LogP contribution in [0.4, 0.5) is 11.4 Å². The maximum absolute atomic E-state index is 11.4. The minimum Gasteiger partial charge on any atom is -0.494 e. The summed E-state index contributed by atoms with van der Waals surface area (Å²) in [6, 6.07) is 20.2. The van der Waals surface area contributed by atoms with Gasteiger partial charge in [-0.25, -0.2) is 4.99 Å². The number of likely N-dealkylation sites (tertiary alicyclic amines) is 1. The first-order chi connectivity index (χ1) is 17.0. The summed E-state index contributed by atoms with van der Waals surface area (Å²) in [5, 5.41) is 22.8. The molecule has 8 heteroatoms. The van der Waals surface area contributed by atoms with E-state index in [1.54, 1.807) is 6.07 Å². The first kappa shape index (κ1) is 22.8. The predicted molar refractivity (Wildman–Crippen MR) is 137 cm³/mol. The van der Waals surface area contributed by atoms with Gasteiger partial charge in [-0.15, -0.1) is 0 Å². The summed E-state index contributed by atoms with van der Waals surface area (Å²) in [6.07, 6.45) is 2.50. The SMILES string of the molecule is NCc1ccc(C(=Nc2ccc(CN3CCCC3)cc2)c2c(O)[nH]c3ccc([N+](=O)[O-])cc23)cc1. The highest BCUT2D eigenvalue weighted by molar-refractivity contribution is 6.22. The molecule has 1 aliphatic heterocycles. The predicted octanol–water partition coefficient (Wildman–Crippen LogP) is 5.01. The molecule has 4 aromatic rings. The number of non-ortho nitro benzene ring substituents is 1. The van der Waals surface area contributed by atoms with Crippen LogP contribution in [0, 0.1) is 10.1 Å². The Morgan fingerprint density at radius 2 is 1.71 bits per heavy atom. The van der Waals surface area contributed by atoms with E-state index in [0.29, 0.717) is 28.7 Å². The highest BCUT2D eigenvalue weighted by Gasteiger charge is 2.21. The van der Waals surface area contributed by atoms with Gasteiger partial charge in [-0.1, -0.05) is 36.4 Å². The van der Waals surface area contributed by atoms with E-state index >= 15 is 0 Å². The molecule has 5 rings (SSSR count). The molecule has 1 aliphatic rings. The van der Waals surface area contributed by atoms with Crippen molar-refractivity contribution >= 4 is 28.0 Å². The van der Waals surface area contributed by atoms with Crippen molar-refractivity contribution in [1.82, 2.24) is 9.88 Å². The molecule has 1 aromatic heterocycles. The number of hydrogen-bond donors (Lipinski definition) is 3. The fourth-order valence-corrected chi connectivity index (χ4v) is 4.59. The molecule has 1 fully saturated rings. The number of hydrogen-bond acceptors (Lipinski definition) is 6. The molecule has 4 N–H and O–H groups in total. The smallest absolute Gasteiger partial charge is 0.270 e.